The van der Waals surface area contributed by atoms with E-state index in [1.165, 1.54) is 0 Å². The fraction of sp³-hybridized carbons (Fsp3) is 0.357. The molecule has 0 fully saturated rings. The first-order valence-electron chi connectivity index (χ1n) is 5.43. The minimum atomic E-state index is -0.0000914. The van der Waals surface area contributed by atoms with Crippen molar-refractivity contribution in [2.45, 2.75) is 26.3 Å². The smallest absolute Gasteiger partial charge is 0.189 e. The summed E-state index contributed by atoms with van der Waals surface area (Å²) in [6.45, 7) is 10.5. The summed E-state index contributed by atoms with van der Waals surface area (Å²) >= 11 is 0. The first-order valence-corrected chi connectivity index (χ1v) is 5.43. The van der Waals surface area contributed by atoms with Crippen LogP contribution in [0.3, 0.4) is 0 Å². The van der Waals surface area contributed by atoms with Crippen molar-refractivity contribution in [2.75, 3.05) is 6.54 Å². The second-order valence-electron chi connectivity index (χ2n) is 4.90. The van der Waals surface area contributed by atoms with E-state index in [9.17, 15) is 4.79 Å². The maximum atomic E-state index is 11.9. The molecule has 94 valence electrons. The highest BCUT2D eigenvalue weighted by molar-refractivity contribution is 6.08. The Kier molecular flexibility index (Phi) is 6.14. The average Bonchev–Trinajstić information content (AvgIpc) is 2.25. The minimum Gasteiger partial charge on any atom is -0.308 e. The van der Waals surface area contributed by atoms with E-state index in [-0.39, 0.29) is 23.7 Å². The van der Waals surface area contributed by atoms with Gasteiger partial charge in [-0.2, -0.15) is 0 Å². The highest BCUT2D eigenvalue weighted by Crippen LogP contribution is 2.07. The number of ketones is 1. The van der Waals surface area contributed by atoms with Crippen LogP contribution in [-0.4, -0.2) is 17.9 Å². The third-order valence-corrected chi connectivity index (χ3v) is 2.19. The molecule has 0 atom stereocenters. The summed E-state index contributed by atoms with van der Waals surface area (Å²) in [6.07, 6.45) is 0. The second-order valence-corrected chi connectivity index (χ2v) is 4.90. The number of carbonyl (C=O) groups excluding carboxylic acids is 1. The van der Waals surface area contributed by atoms with Crippen LogP contribution in [0.4, 0.5) is 0 Å². The molecule has 3 heteroatoms. The highest BCUT2D eigenvalue weighted by Gasteiger charge is 2.13. The van der Waals surface area contributed by atoms with Gasteiger partial charge in [0.2, 0.25) is 0 Å². The molecule has 0 saturated carbocycles. The van der Waals surface area contributed by atoms with E-state index in [1.807, 2.05) is 30.3 Å². The maximum absolute atomic E-state index is 11.9. The standard InChI is InChI=1S/C14H19NO.ClH/c1-11(10-15-14(2,3)4)13(16)12-8-6-5-7-9-12;/h5-9,15H,1,10H2,2-4H3;1H. The molecule has 0 aliphatic heterocycles. The Morgan fingerprint density at radius 1 is 1.24 bits per heavy atom. The van der Waals surface area contributed by atoms with Gasteiger partial charge >= 0.3 is 0 Å². The zero-order valence-electron chi connectivity index (χ0n) is 10.6. The van der Waals surface area contributed by atoms with Crippen LogP contribution >= 0.6 is 12.4 Å². The number of benzene rings is 1. The van der Waals surface area contributed by atoms with Crippen LogP contribution in [0.1, 0.15) is 31.1 Å². The maximum Gasteiger partial charge on any atom is 0.189 e. The molecule has 0 heterocycles. The molecule has 0 aliphatic carbocycles. The second kappa shape index (κ2) is 6.58. The van der Waals surface area contributed by atoms with Gasteiger partial charge in [0, 0.05) is 23.2 Å². The molecule has 0 bridgehead atoms. The molecule has 2 nitrogen and oxygen atoms in total. The third kappa shape index (κ3) is 5.66. The van der Waals surface area contributed by atoms with E-state index in [0.717, 1.165) is 0 Å². The van der Waals surface area contributed by atoms with Gasteiger partial charge in [-0.1, -0.05) is 36.9 Å². The van der Waals surface area contributed by atoms with Gasteiger partial charge < -0.3 is 5.32 Å². The normalized spacial score (nSPS) is 10.5. The van der Waals surface area contributed by atoms with Gasteiger partial charge in [0.15, 0.2) is 5.78 Å². The lowest BCUT2D eigenvalue weighted by molar-refractivity contribution is 0.103. The van der Waals surface area contributed by atoms with Gasteiger partial charge in [-0.25, -0.2) is 0 Å². The molecule has 0 amide bonds. The molecule has 0 spiro atoms. The van der Waals surface area contributed by atoms with E-state index >= 15 is 0 Å². The largest absolute Gasteiger partial charge is 0.308 e. The van der Waals surface area contributed by atoms with Crippen LogP contribution in [0.5, 0.6) is 0 Å². The number of rotatable bonds is 4. The SMILES string of the molecule is C=C(CNC(C)(C)C)C(=O)c1ccccc1.Cl. The summed E-state index contributed by atoms with van der Waals surface area (Å²) in [4.78, 5) is 11.9. The van der Waals surface area contributed by atoms with Crippen molar-refractivity contribution in [3.05, 3.63) is 48.0 Å². The average molecular weight is 254 g/mol. The van der Waals surface area contributed by atoms with E-state index in [2.05, 4.69) is 32.7 Å². The molecular formula is C14H20ClNO. The molecule has 0 radical (unpaired) electrons. The van der Waals surface area contributed by atoms with Gasteiger partial charge in [-0.05, 0) is 20.8 Å². The monoisotopic (exact) mass is 253 g/mol. The van der Waals surface area contributed by atoms with Crippen LogP contribution in [0, 0.1) is 0 Å². The lowest BCUT2D eigenvalue weighted by atomic mass is 10.0. The van der Waals surface area contributed by atoms with Crippen molar-refractivity contribution in [1.82, 2.24) is 5.32 Å². The summed E-state index contributed by atoms with van der Waals surface area (Å²) in [5.74, 6) is 0.0114. The van der Waals surface area contributed by atoms with E-state index in [1.54, 1.807) is 0 Å². The van der Waals surface area contributed by atoms with Crippen LogP contribution in [-0.2, 0) is 0 Å². The number of Topliss-reactive ketones (excluding diaryl/α,β-unsaturated/α-hetero) is 1. The predicted molar refractivity (Wildman–Crippen MR) is 74.9 cm³/mol. The van der Waals surface area contributed by atoms with E-state index < -0.39 is 0 Å². The zero-order valence-corrected chi connectivity index (χ0v) is 11.4. The van der Waals surface area contributed by atoms with Gasteiger partial charge in [0.1, 0.15) is 0 Å². The lowest BCUT2D eigenvalue weighted by Gasteiger charge is -2.20. The first kappa shape index (κ1) is 15.9. The minimum absolute atomic E-state index is 0. The van der Waals surface area contributed by atoms with Crippen molar-refractivity contribution in [3.8, 4) is 0 Å². The summed E-state index contributed by atoms with van der Waals surface area (Å²) in [7, 11) is 0. The van der Waals surface area contributed by atoms with Crippen LogP contribution in [0.15, 0.2) is 42.5 Å². The Morgan fingerprint density at radius 3 is 2.24 bits per heavy atom. The quantitative estimate of drug-likeness (QED) is 0.659. The van der Waals surface area contributed by atoms with Crippen LogP contribution in [0.25, 0.3) is 0 Å². The predicted octanol–water partition coefficient (Wildman–Crippen LogP) is 3.24. The van der Waals surface area contributed by atoms with E-state index in [0.29, 0.717) is 17.7 Å². The summed E-state index contributed by atoms with van der Waals surface area (Å²) in [6, 6.07) is 9.23. The Balaban J connectivity index is 0.00000256. The fourth-order valence-electron chi connectivity index (χ4n) is 1.25. The van der Waals surface area contributed by atoms with Crippen molar-refractivity contribution >= 4 is 18.2 Å². The molecular weight excluding hydrogens is 234 g/mol. The van der Waals surface area contributed by atoms with Crippen molar-refractivity contribution in [2.24, 2.45) is 0 Å². The Morgan fingerprint density at radius 2 is 1.76 bits per heavy atom. The molecule has 17 heavy (non-hydrogen) atoms. The molecule has 1 N–H and O–H groups in total. The van der Waals surface area contributed by atoms with Gasteiger partial charge in [-0.3, -0.25) is 4.79 Å². The Bertz CT molecular complexity index is 379. The zero-order chi connectivity index (χ0) is 12.2. The number of hydrogen-bond donors (Lipinski definition) is 1. The molecule has 0 unspecified atom stereocenters. The number of nitrogens with one attached hydrogen (secondary N) is 1. The van der Waals surface area contributed by atoms with E-state index in [4.69, 9.17) is 0 Å². The highest BCUT2D eigenvalue weighted by atomic mass is 35.5. The van der Waals surface area contributed by atoms with Gasteiger partial charge in [-0.15, -0.1) is 12.4 Å². The van der Waals surface area contributed by atoms with Crippen molar-refractivity contribution in [1.29, 1.82) is 0 Å². The van der Waals surface area contributed by atoms with Gasteiger partial charge in [0.25, 0.3) is 0 Å². The first-order chi connectivity index (χ1) is 7.40. The lowest BCUT2D eigenvalue weighted by Crippen LogP contribution is -2.37. The number of carbonyl (C=O) groups is 1. The Labute approximate surface area is 110 Å². The molecule has 1 rings (SSSR count). The number of halogens is 1. The summed E-state index contributed by atoms with van der Waals surface area (Å²) < 4.78 is 0. The molecule has 0 aliphatic rings. The molecule has 0 saturated heterocycles. The Hall–Kier alpha value is -1.12. The van der Waals surface area contributed by atoms with Crippen LogP contribution in [0.2, 0.25) is 0 Å². The summed E-state index contributed by atoms with van der Waals surface area (Å²) in [5.41, 5.74) is 1.30. The fourth-order valence-corrected chi connectivity index (χ4v) is 1.25. The number of hydrogen-bond acceptors (Lipinski definition) is 2. The molecule has 0 aromatic heterocycles. The van der Waals surface area contributed by atoms with Crippen LogP contribution < -0.4 is 5.32 Å². The van der Waals surface area contributed by atoms with Crippen molar-refractivity contribution in [3.63, 3.8) is 0 Å². The van der Waals surface area contributed by atoms with Crippen molar-refractivity contribution < 1.29 is 4.79 Å². The topological polar surface area (TPSA) is 29.1 Å². The summed E-state index contributed by atoms with van der Waals surface area (Å²) in [5, 5.41) is 3.25. The van der Waals surface area contributed by atoms with Gasteiger partial charge in [0.05, 0.1) is 0 Å². The molecule has 1 aromatic rings. The third-order valence-electron chi connectivity index (χ3n) is 2.19. The molecule has 1 aromatic carbocycles.